The minimum absolute atomic E-state index is 0.0909. The molecule has 0 saturated carbocycles. The van der Waals surface area contributed by atoms with E-state index in [1.54, 1.807) is 12.4 Å². The highest BCUT2D eigenvalue weighted by Crippen LogP contribution is 2.50. The molecular formula is C24H28N6O. The first kappa shape index (κ1) is 19.9. The van der Waals surface area contributed by atoms with Crippen LogP contribution in [0.15, 0.2) is 36.7 Å². The number of nitrogens with one attached hydrogen (secondary N) is 1. The van der Waals surface area contributed by atoms with Crippen molar-refractivity contribution in [2.75, 3.05) is 18.0 Å². The highest BCUT2D eigenvalue weighted by Gasteiger charge is 2.46. The molecular weight excluding hydrogens is 388 g/mol. The Labute approximate surface area is 182 Å². The number of aromatic nitrogens is 4. The molecule has 7 nitrogen and oxygen atoms in total. The van der Waals surface area contributed by atoms with Gasteiger partial charge in [0.25, 0.3) is 0 Å². The van der Waals surface area contributed by atoms with Gasteiger partial charge in [0.2, 0.25) is 0 Å². The molecule has 1 aliphatic heterocycles. The zero-order chi connectivity index (χ0) is 21.4. The molecule has 1 aromatic carbocycles. The molecule has 1 atom stereocenters. The van der Waals surface area contributed by atoms with E-state index in [9.17, 15) is 5.11 Å². The van der Waals surface area contributed by atoms with Crippen LogP contribution in [0, 0.1) is 12.3 Å². The first-order chi connectivity index (χ1) is 15.1. The van der Waals surface area contributed by atoms with Crippen molar-refractivity contribution in [3.8, 4) is 0 Å². The summed E-state index contributed by atoms with van der Waals surface area (Å²) in [5.41, 5.74) is 12.9. The van der Waals surface area contributed by atoms with Gasteiger partial charge in [0.15, 0.2) is 5.82 Å². The fourth-order valence-corrected chi connectivity index (χ4v) is 5.06. The Hall–Kier alpha value is -3.03. The Bertz CT molecular complexity index is 1110. The number of nitrogens with two attached hydrogens (primary N) is 1. The average Bonchev–Trinajstić information content (AvgIpc) is 3.33. The van der Waals surface area contributed by atoms with Gasteiger partial charge in [-0.3, -0.25) is 5.10 Å². The first-order valence-corrected chi connectivity index (χ1v) is 10.8. The van der Waals surface area contributed by atoms with Gasteiger partial charge in [-0.15, -0.1) is 0 Å². The van der Waals surface area contributed by atoms with Gasteiger partial charge in [-0.2, -0.15) is 5.10 Å². The second-order valence-electron chi connectivity index (χ2n) is 8.71. The molecule has 31 heavy (non-hydrogen) atoms. The van der Waals surface area contributed by atoms with Crippen LogP contribution < -0.4 is 10.6 Å². The Morgan fingerprint density at radius 2 is 2.03 bits per heavy atom. The lowest BCUT2D eigenvalue weighted by Gasteiger charge is -2.42. The topological polar surface area (TPSA) is 104 Å². The molecule has 1 saturated heterocycles. The third-order valence-electron chi connectivity index (χ3n) is 6.94. The molecule has 2 aromatic heterocycles. The van der Waals surface area contributed by atoms with Crippen LogP contribution in [0.4, 0.5) is 5.82 Å². The largest absolute Gasteiger partial charge is 0.390 e. The molecule has 1 spiro atoms. The van der Waals surface area contributed by atoms with Gasteiger partial charge in [0, 0.05) is 30.4 Å². The van der Waals surface area contributed by atoms with Crippen LogP contribution in [-0.4, -0.2) is 38.4 Å². The van der Waals surface area contributed by atoms with E-state index < -0.39 is 0 Å². The highest BCUT2D eigenvalue weighted by atomic mass is 16.3. The number of piperidine rings is 1. The molecule has 7 heteroatoms. The molecule has 0 bridgehead atoms. The fraction of sp³-hybridized carbons (Fsp3) is 0.375. The van der Waals surface area contributed by atoms with Crippen molar-refractivity contribution in [2.45, 2.75) is 38.8 Å². The lowest BCUT2D eigenvalue weighted by atomic mass is 9.73. The lowest BCUT2D eigenvalue weighted by molar-refractivity contribution is 0.186. The van der Waals surface area contributed by atoms with Crippen molar-refractivity contribution in [3.05, 3.63) is 70.4 Å². The maximum Gasteiger partial charge on any atom is 0.152 e. The summed E-state index contributed by atoms with van der Waals surface area (Å²) in [5.74, 6) is 0.776. The molecule has 5 rings (SSSR count). The normalized spacial score (nSPS) is 20.0. The van der Waals surface area contributed by atoms with Crippen LogP contribution in [0.3, 0.4) is 0 Å². The van der Waals surface area contributed by atoms with Gasteiger partial charge < -0.3 is 15.7 Å². The van der Waals surface area contributed by atoms with E-state index in [-0.39, 0.29) is 18.1 Å². The van der Waals surface area contributed by atoms with Crippen LogP contribution in [0.5, 0.6) is 0 Å². The lowest BCUT2D eigenvalue weighted by Crippen LogP contribution is -2.45. The molecule has 0 unspecified atom stereocenters. The first-order valence-electron chi connectivity index (χ1n) is 10.8. The monoisotopic (exact) mass is 416 g/mol. The van der Waals surface area contributed by atoms with Crippen LogP contribution in [-0.2, 0) is 13.0 Å². The van der Waals surface area contributed by atoms with Crippen molar-refractivity contribution in [2.24, 2.45) is 11.1 Å². The summed E-state index contributed by atoms with van der Waals surface area (Å²) in [6.45, 7) is 3.57. The predicted octanol–water partition coefficient (Wildman–Crippen LogP) is 3.01. The van der Waals surface area contributed by atoms with Crippen molar-refractivity contribution < 1.29 is 5.11 Å². The number of fused-ring (bicyclic) bond motifs is 1. The van der Waals surface area contributed by atoms with Crippen LogP contribution >= 0.6 is 0 Å². The van der Waals surface area contributed by atoms with Crippen LogP contribution in [0.2, 0.25) is 0 Å². The fourth-order valence-electron chi connectivity index (χ4n) is 5.06. The second kappa shape index (κ2) is 7.90. The highest BCUT2D eigenvalue weighted by molar-refractivity contribution is 5.68. The molecule has 3 heterocycles. The van der Waals surface area contributed by atoms with Gasteiger partial charge in [-0.25, -0.2) is 9.97 Å². The van der Waals surface area contributed by atoms with E-state index >= 15 is 0 Å². The van der Waals surface area contributed by atoms with E-state index in [0.717, 1.165) is 55.1 Å². The number of aliphatic hydroxyl groups excluding tert-OH is 1. The minimum atomic E-state index is -0.138. The third-order valence-corrected chi connectivity index (χ3v) is 6.94. The Balaban J connectivity index is 1.31. The van der Waals surface area contributed by atoms with Gasteiger partial charge in [0.05, 0.1) is 24.7 Å². The van der Waals surface area contributed by atoms with Gasteiger partial charge >= 0.3 is 0 Å². The summed E-state index contributed by atoms with van der Waals surface area (Å²) in [7, 11) is 0. The number of rotatable bonds is 4. The smallest absolute Gasteiger partial charge is 0.152 e. The van der Waals surface area contributed by atoms with Gasteiger partial charge in [-0.05, 0) is 54.9 Å². The number of hydrogen-bond acceptors (Lipinski definition) is 6. The SMILES string of the molecule is Cc1[nH]ncc1/C=C\c1cnc(N2CCC3(CC2)Cc2ccccc2[C@H]3N)c(CO)n1. The Kier molecular flexibility index (Phi) is 5.08. The Morgan fingerprint density at radius 1 is 1.23 bits per heavy atom. The molecule has 0 amide bonds. The standard InChI is InChI=1S/C24H28N6O/c1-16-18(13-27-29-16)6-7-19-14-26-23(21(15-31)28-19)30-10-8-24(9-11-30)12-17-4-2-3-5-20(17)22(24)25/h2-7,13-14,22,31H,8-12,15,25H2,1H3,(H,27,29)/b7-6-/t22-/m1/s1. The third kappa shape index (κ3) is 3.54. The quantitative estimate of drug-likeness (QED) is 0.604. The van der Waals surface area contributed by atoms with E-state index in [0.29, 0.717) is 5.69 Å². The number of nitrogens with zero attached hydrogens (tertiary/aromatic N) is 4. The number of H-pyrrole nitrogens is 1. The van der Waals surface area contributed by atoms with Crippen molar-refractivity contribution in [1.29, 1.82) is 0 Å². The minimum Gasteiger partial charge on any atom is -0.390 e. The second-order valence-corrected chi connectivity index (χ2v) is 8.71. The summed E-state index contributed by atoms with van der Waals surface area (Å²) in [6.07, 6.45) is 10.5. The maximum absolute atomic E-state index is 9.95. The molecule has 160 valence electrons. The Morgan fingerprint density at radius 3 is 2.74 bits per heavy atom. The van der Waals surface area contributed by atoms with Crippen LogP contribution in [0.25, 0.3) is 12.2 Å². The van der Waals surface area contributed by atoms with Crippen molar-refractivity contribution in [1.82, 2.24) is 20.2 Å². The van der Waals surface area contributed by atoms with Crippen molar-refractivity contribution in [3.63, 3.8) is 0 Å². The van der Waals surface area contributed by atoms with Gasteiger partial charge in [0.1, 0.15) is 5.69 Å². The number of anilines is 1. The average molecular weight is 417 g/mol. The molecule has 1 aliphatic carbocycles. The number of benzene rings is 1. The zero-order valence-electron chi connectivity index (χ0n) is 17.8. The molecule has 4 N–H and O–H groups in total. The van der Waals surface area contributed by atoms with Crippen LogP contribution in [0.1, 0.15) is 52.7 Å². The predicted molar refractivity (Wildman–Crippen MR) is 121 cm³/mol. The zero-order valence-corrected chi connectivity index (χ0v) is 17.8. The van der Waals surface area contributed by atoms with E-state index in [1.807, 2.05) is 19.1 Å². The summed E-state index contributed by atoms with van der Waals surface area (Å²) in [5, 5.41) is 16.9. The molecule has 1 fully saturated rings. The molecule has 3 aromatic rings. The summed E-state index contributed by atoms with van der Waals surface area (Å²) < 4.78 is 0. The number of aliphatic hydroxyl groups is 1. The van der Waals surface area contributed by atoms with Crippen molar-refractivity contribution >= 4 is 18.0 Å². The maximum atomic E-state index is 9.95. The summed E-state index contributed by atoms with van der Waals surface area (Å²) in [4.78, 5) is 11.5. The number of aromatic amines is 1. The summed E-state index contributed by atoms with van der Waals surface area (Å²) >= 11 is 0. The molecule has 2 aliphatic rings. The van der Waals surface area contributed by atoms with E-state index in [2.05, 4.69) is 49.3 Å². The number of hydrogen-bond donors (Lipinski definition) is 3. The summed E-state index contributed by atoms with van der Waals surface area (Å²) in [6, 6.07) is 8.66. The molecule has 0 radical (unpaired) electrons. The number of aryl methyl sites for hydroxylation is 1. The van der Waals surface area contributed by atoms with Gasteiger partial charge in [-0.1, -0.05) is 24.3 Å². The van der Waals surface area contributed by atoms with E-state index in [4.69, 9.17) is 5.73 Å². The van der Waals surface area contributed by atoms with E-state index in [1.165, 1.54) is 11.1 Å².